The molecule has 1 amide bonds. The van der Waals surface area contributed by atoms with Gasteiger partial charge < -0.3 is 19.9 Å². The second-order valence-corrected chi connectivity index (χ2v) is 5.47. The Bertz CT molecular complexity index is 709. The number of ether oxygens (including phenoxy) is 2. The van der Waals surface area contributed by atoms with E-state index in [-0.39, 0.29) is 18.7 Å². The van der Waals surface area contributed by atoms with Crippen LogP contribution in [-0.4, -0.2) is 30.2 Å². The zero-order valence-corrected chi connectivity index (χ0v) is 14.2. The van der Waals surface area contributed by atoms with Gasteiger partial charge in [0.05, 0.1) is 20.3 Å². The smallest absolute Gasteiger partial charge is 0.224 e. The quantitative estimate of drug-likeness (QED) is 0.749. The highest BCUT2D eigenvalue weighted by Crippen LogP contribution is 2.31. The molecule has 0 aliphatic carbocycles. The molecule has 0 fully saturated rings. The van der Waals surface area contributed by atoms with E-state index in [1.54, 1.807) is 37.4 Å². The number of pyridine rings is 1. The van der Waals surface area contributed by atoms with Crippen LogP contribution < -0.4 is 14.8 Å². The molecule has 7 heteroatoms. The lowest BCUT2D eigenvalue weighted by Gasteiger charge is -2.15. The van der Waals surface area contributed by atoms with Crippen LogP contribution in [0.25, 0.3) is 0 Å². The predicted octanol–water partition coefficient (Wildman–Crippen LogP) is 3.20. The zero-order chi connectivity index (χ0) is 17.5. The van der Waals surface area contributed by atoms with Gasteiger partial charge in [-0.05, 0) is 30.7 Å². The second-order valence-electron chi connectivity index (χ2n) is 5.08. The Balaban J connectivity index is 1.95. The summed E-state index contributed by atoms with van der Waals surface area (Å²) in [4.78, 5) is 15.8. The van der Waals surface area contributed by atoms with Crippen LogP contribution in [0.4, 0.5) is 5.69 Å². The summed E-state index contributed by atoms with van der Waals surface area (Å²) < 4.78 is 10.4. The van der Waals surface area contributed by atoms with Crippen LogP contribution in [-0.2, 0) is 4.79 Å². The monoisotopic (exact) mass is 350 g/mol. The fraction of sp³-hybridized carbons (Fsp3) is 0.294. The first-order valence-corrected chi connectivity index (χ1v) is 7.72. The third-order valence-corrected chi connectivity index (χ3v) is 3.66. The Hall–Kier alpha value is -2.31. The van der Waals surface area contributed by atoms with Crippen LogP contribution in [0.5, 0.6) is 11.5 Å². The molecule has 2 rings (SSSR count). The fourth-order valence-corrected chi connectivity index (χ4v) is 2.39. The highest BCUT2D eigenvalue weighted by molar-refractivity contribution is 6.29. The van der Waals surface area contributed by atoms with Crippen molar-refractivity contribution in [2.75, 3.05) is 19.5 Å². The van der Waals surface area contributed by atoms with Gasteiger partial charge in [-0.25, -0.2) is 4.98 Å². The molecule has 0 aliphatic heterocycles. The maximum atomic E-state index is 12.0. The lowest BCUT2D eigenvalue weighted by Crippen LogP contribution is -2.13. The van der Waals surface area contributed by atoms with Crippen molar-refractivity contribution in [3.63, 3.8) is 0 Å². The number of halogens is 1. The third kappa shape index (κ3) is 4.84. The van der Waals surface area contributed by atoms with E-state index in [2.05, 4.69) is 10.3 Å². The van der Waals surface area contributed by atoms with Gasteiger partial charge in [0, 0.05) is 29.9 Å². The lowest BCUT2D eigenvalue weighted by molar-refractivity contribution is -0.116. The molecule has 2 aromatic rings. The molecule has 1 atom stereocenters. The molecule has 0 radical (unpaired) electrons. The van der Waals surface area contributed by atoms with Gasteiger partial charge in [0.2, 0.25) is 5.91 Å². The molecule has 1 aromatic carbocycles. The number of aliphatic hydroxyl groups excluding tert-OH is 1. The van der Waals surface area contributed by atoms with Crippen molar-refractivity contribution in [3.8, 4) is 11.5 Å². The van der Waals surface area contributed by atoms with Gasteiger partial charge in [-0.2, -0.15) is 0 Å². The second kappa shape index (κ2) is 8.52. The highest BCUT2D eigenvalue weighted by atomic mass is 35.5. The summed E-state index contributed by atoms with van der Waals surface area (Å²) in [5.74, 6) is 0.932. The summed E-state index contributed by atoms with van der Waals surface area (Å²) >= 11 is 5.77. The number of methoxy groups -OCH3 is 2. The number of benzene rings is 1. The Kier molecular flexibility index (Phi) is 6.40. The van der Waals surface area contributed by atoms with Gasteiger partial charge in [-0.3, -0.25) is 4.79 Å². The van der Waals surface area contributed by atoms with Gasteiger partial charge in [-0.15, -0.1) is 0 Å². The third-order valence-electron chi connectivity index (χ3n) is 3.45. The Labute approximate surface area is 145 Å². The minimum atomic E-state index is -0.822. The van der Waals surface area contributed by atoms with Gasteiger partial charge in [0.15, 0.2) is 0 Å². The van der Waals surface area contributed by atoms with E-state index in [1.165, 1.54) is 13.3 Å². The van der Waals surface area contributed by atoms with Gasteiger partial charge >= 0.3 is 0 Å². The molecule has 0 aliphatic rings. The number of hydrogen-bond acceptors (Lipinski definition) is 5. The molecule has 0 saturated carbocycles. The fourth-order valence-electron chi connectivity index (χ4n) is 2.22. The number of aliphatic hydroxyl groups is 1. The molecule has 1 aromatic heterocycles. The standard InChI is InChI=1S/C17H19ClN2O4/c1-23-12-3-4-13(15(10-12)24-2)14(21)5-6-17(22)20-11-7-8-19-16(18)9-11/h3-4,7-10,14,21H,5-6H2,1-2H3,(H,19,20,22). The molecule has 0 spiro atoms. The van der Waals surface area contributed by atoms with Crippen LogP contribution in [0.1, 0.15) is 24.5 Å². The van der Waals surface area contributed by atoms with Crippen LogP contribution >= 0.6 is 11.6 Å². The Morgan fingerprint density at radius 1 is 1.29 bits per heavy atom. The van der Waals surface area contributed by atoms with E-state index in [0.29, 0.717) is 27.9 Å². The largest absolute Gasteiger partial charge is 0.497 e. The first-order chi connectivity index (χ1) is 11.5. The van der Waals surface area contributed by atoms with E-state index in [9.17, 15) is 9.90 Å². The minimum Gasteiger partial charge on any atom is -0.497 e. The first kappa shape index (κ1) is 18.0. The molecule has 0 saturated heterocycles. The lowest BCUT2D eigenvalue weighted by atomic mass is 10.0. The zero-order valence-electron chi connectivity index (χ0n) is 13.5. The van der Waals surface area contributed by atoms with Crippen molar-refractivity contribution in [1.82, 2.24) is 4.98 Å². The molecule has 6 nitrogen and oxygen atoms in total. The number of anilines is 1. The molecule has 1 unspecified atom stereocenters. The van der Waals surface area contributed by atoms with E-state index in [4.69, 9.17) is 21.1 Å². The maximum absolute atomic E-state index is 12.0. The highest BCUT2D eigenvalue weighted by Gasteiger charge is 2.16. The number of carbonyl (C=O) groups is 1. The maximum Gasteiger partial charge on any atom is 0.224 e. The normalized spacial score (nSPS) is 11.7. The number of amides is 1. The number of carbonyl (C=O) groups excluding carboxylic acids is 1. The van der Waals surface area contributed by atoms with Crippen LogP contribution in [0, 0.1) is 0 Å². The molecule has 2 N–H and O–H groups in total. The summed E-state index contributed by atoms with van der Waals surface area (Å²) in [6.07, 6.45) is 1.09. The minimum absolute atomic E-state index is 0.149. The first-order valence-electron chi connectivity index (χ1n) is 7.35. The number of nitrogens with one attached hydrogen (secondary N) is 1. The summed E-state index contributed by atoms with van der Waals surface area (Å²) in [5.41, 5.74) is 1.18. The van der Waals surface area contributed by atoms with Crippen molar-refractivity contribution in [2.24, 2.45) is 0 Å². The summed E-state index contributed by atoms with van der Waals surface area (Å²) in [5, 5.41) is 13.3. The SMILES string of the molecule is COc1ccc(C(O)CCC(=O)Nc2ccnc(Cl)c2)c(OC)c1. The molecule has 1 heterocycles. The summed E-state index contributed by atoms with van der Waals surface area (Å²) in [6.45, 7) is 0. The van der Waals surface area contributed by atoms with Gasteiger partial charge in [0.25, 0.3) is 0 Å². The molecular formula is C17H19ClN2O4. The number of aromatic nitrogens is 1. The van der Waals surface area contributed by atoms with Crippen LogP contribution in [0.3, 0.4) is 0 Å². The predicted molar refractivity (Wildman–Crippen MR) is 91.6 cm³/mol. The number of nitrogens with zero attached hydrogens (tertiary/aromatic N) is 1. The summed E-state index contributed by atoms with van der Waals surface area (Å²) in [6, 6.07) is 8.36. The van der Waals surface area contributed by atoms with Crippen molar-refractivity contribution in [1.29, 1.82) is 0 Å². The van der Waals surface area contributed by atoms with E-state index >= 15 is 0 Å². The van der Waals surface area contributed by atoms with Crippen molar-refractivity contribution in [3.05, 3.63) is 47.2 Å². The molecule has 0 bridgehead atoms. The van der Waals surface area contributed by atoms with Crippen LogP contribution in [0.2, 0.25) is 5.15 Å². The molecule has 24 heavy (non-hydrogen) atoms. The van der Waals surface area contributed by atoms with Crippen molar-refractivity contribution < 1.29 is 19.4 Å². The average Bonchev–Trinajstić information content (AvgIpc) is 2.59. The average molecular weight is 351 g/mol. The van der Waals surface area contributed by atoms with E-state index < -0.39 is 6.10 Å². The van der Waals surface area contributed by atoms with Crippen molar-refractivity contribution >= 4 is 23.2 Å². The summed E-state index contributed by atoms with van der Waals surface area (Å²) in [7, 11) is 3.07. The van der Waals surface area contributed by atoms with Crippen LogP contribution in [0.15, 0.2) is 36.5 Å². The molecular weight excluding hydrogens is 332 g/mol. The topological polar surface area (TPSA) is 80.7 Å². The van der Waals surface area contributed by atoms with Crippen molar-refractivity contribution in [2.45, 2.75) is 18.9 Å². The van der Waals surface area contributed by atoms with Gasteiger partial charge in [0.1, 0.15) is 16.7 Å². The number of rotatable bonds is 7. The Morgan fingerprint density at radius 2 is 2.08 bits per heavy atom. The molecule has 128 valence electrons. The van der Waals surface area contributed by atoms with E-state index in [1.807, 2.05) is 0 Å². The number of hydrogen-bond donors (Lipinski definition) is 2. The van der Waals surface area contributed by atoms with Gasteiger partial charge in [-0.1, -0.05) is 11.6 Å². The Morgan fingerprint density at radius 3 is 2.75 bits per heavy atom. The van der Waals surface area contributed by atoms with E-state index in [0.717, 1.165) is 0 Å².